The molecule has 0 radical (unpaired) electrons. The minimum Gasteiger partial charge on any atom is -0.461 e. The van der Waals surface area contributed by atoms with E-state index >= 15 is 0 Å². The summed E-state index contributed by atoms with van der Waals surface area (Å²) < 4.78 is 7.19. The average Bonchev–Trinajstić information content (AvgIpc) is 3.34. The highest BCUT2D eigenvalue weighted by molar-refractivity contribution is 7.99. The molecule has 3 heterocycles. The Morgan fingerprint density at radius 1 is 1.19 bits per heavy atom. The van der Waals surface area contributed by atoms with E-state index in [4.69, 9.17) is 4.42 Å². The predicted molar refractivity (Wildman–Crippen MR) is 94.0 cm³/mol. The van der Waals surface area contributed by atoms with Crippen LogP contribution in [0.5, 0.6) is 0 Å². The molecule has 0 aliphatic carbocycles. The maximum atomic E-state index is 11.9. The van der Waals surface area contributed by atoms with Crippen molar-refractivity contribution in [2.75, 3.05) is 5.75 Å². The van der Waals surface area contributed by atoms with Gasteiger partial charge < -0.3 is 4.42 Å². The minimum atomic E-state index is -0.485. The number of amides is 2. The zero-order valence-electron chi connectivity index (χ0n) is 13.9. The van der Waals surface area contributed by atoms with Gasteiger partial charge in [0.25, 0.3) is 5.91 Å². The number of nitrogens with zero attached hydrogens (tertiary/aromatic N) is 4. The molecule has 2 N–H and O–H groups in total. The molecule has 26 heavy (non-hydrogen) atoms. The summed E-state index contributed by atoms with van der Waals surface area (Å²) >= 11 is 1.21. The van der Waals surface area contributed by atoms with Gasteiger partial charge in [0.05, 0.1) is 12.0 Å². The minimum absolute atomic E-state index is 0.0682. The largest absolute Gasteiger partial charge is 0.461 e. The molecule has 0 fully saturated rings. The molecule has 0 bridgehead atoms. The Labute approximate surface area is 153 Å². The van der Waals surface area contributed by atoms with Gasteiger partial charge in [0.1, 0.15) is 5.69 Å². The first kappa shape index (κ1) is 17.7. The maximum Gasteiger partial charge on any atom is 0.288 e. The average molecular weight is 372 g/mol. The van der Waals surface area contributed by atoms with Crippen LogP contribution in [0.2, 0.25) is 0 Å². The van der Waals surface area contributed by atoms with Crippen molar-refractivity contribution in [3.05, 3.63) is 48.5 Å². The van der Waals surface area contributed by atoms with Gasteiger partial charge in [0, 0.05) is 12.7 Å². The second-order valence-corrected chi connectivity index (χ2v) is 5.98. The summed E-state index contributed by atoms with van der Waals surface area (Å²) in [5.74, 6) is 0.422. The summed E-state index contributed by atoms with van der Waals surface area (Å²) in [7, 11) is 0. The van der Waals surface area contributed by atoms with E-state index in [-0.39, 0.29) is 17.4 Å². The van der Waals surface area contributed by atoms with Gasteiger partial charge in [-0.05, 0) is 31.2 Å². The summed E-state index contributed by atoms with van der Waals surface area (Å²) in [5, 5.41) is 8.79. The number of carbonyl (C=O) groups is 2. The fourth-order valence-electron chi connectivity index (χ4n) is 2.12. The van der Waals surface area contributed by atoms with Gasteiger partial charge in [-0.15, -0.1) is 10.2 Å². The summed E-state index contributed by atoms with van der Waals surface area (Å²) in [6.07, 6.45) is 3.06. The van der Waals surface area contributed by atoms with Crippen molar-refractivity contribution >= 4 is 23.6 Å². The van der Waals surface area contributed by atoms with Gasteiger partial charge in [0.15, 0.2) is 16.7 Å². The van der Waals surface area contributed by atoms with Gasteiger partial charge in [-0.25, -0.2) is 0 Å². The Bertz CT molecular complexity index is 879. The summed E-state index contributed by atoms with van der Waals surface area (Å²) in [4.78, 5) is 27.7. The number of furan rings is 1. The Morgan fingerprint density at radius 3 is 2.77 bits per heavy atom. The first-order chi connectivity index (χ1) is 12.7. The van der Waals surface area contributed by atoms with E-state index in [2.05, 4.69) is 26.0 Å². The van der Waals surface area contributed by atoms with Crippen LogP contribution in [-0.2, 0) is 11.3 Å². The molecule has 0 saturated heterocycles. The molecule has 9 nitrogen and oxygen atoms in total. The molecule has 3 rings (SSSR count). The standard InChI is InChI=1S/C16H16N6O3S/c1-2-22-14(12-7-5-9-25-12)19-21-16(22)26-10-13(23)18-20-15(24)11-6-3-4-8-17-11/h3-9H,2,10H2,1H3,(H,18,23)(H,20,24). The third kappa shape index (κ3) is 4.09. The van der Waals surface area contributed by atoms with E-state index in [0.717, 1.165) is 0 Å². The zero-order valence-corrected chi connectivity index (χ0v) is 14.7. The SMILES string of the molecule is CCn1c(SCC(=O)NNC(=O)c2ccccn2)nnc1-c1ccco1. The third-order valence-corrected chi connectivity index (χ3v) is 4.29. The van der Waals surface area contributed by atoms with Crippen molar-refractivity contribution in [1.29, 1.82) is 0 Å². The van der Waals surface area contributed by atoms with Crippen LogP contribution in [0.15, 0.2) is 52.4 Å². The number of hydrogen-bond acceptors (Lipinski definition) is 7. The van der Waals surface area contributed by atoms with E-state index in [1.165, 1.54) is 18.0 Å². The summed E-state index contributed by atoms with van der Waals surface area (Å²) in [6, 6.07) is 8.51. The molecule has 0 spiro atoms. The number of hydrazine groups is 1. The van der Waals surface area contributed by atoms with Crippen molar-refractivity contribution in [2.24, 2.45) is 0 Å². The Morgan fingerprint density at radius 2 is 2.08 bits per heavy atom. The van der Waals surface area contributed by atoms with E-state index in [9.17, 15) is 9.59 Å². The number of thioether (sulfide) groups is 1. The lowest BCUT2D eigenvalue weighted by Crippen LogP contribution is -2.42. The quantitative estimate of drug-likeness (QED) is 0.498. The van der Waals surface area contributed by atoms with Crippen LogP contribution in [0.25, 0.3) is 11.6 Å². The fraction of sp³-hybridized carbons (Fsp3) is 0.188. The van der Waals surface area contributed by atoms with Crippen molar-refractivity contribution in [3.8, 4) is 11.6 Å². The lowest BCUT2D eigenvalue weighted by molar-refractivity contribution is -0.119. The number of hydrogen-bond donors (Lipinski definition) is 2. The Hall–Kier alpha value is -3.14. The number of aromatic nitrogens is 4. The highest BCUT2D eigenvalue weighted by Crippen LogP contribution is 2.23. The van der Waals surface area contributed by atoms with Crippen LogP contribution in [0.4, 0.5) is 0 Å². The van der Waals surface area contributed by atoms with Crippen molar-refractivity contribution in [1.82, 2.24) is 30.6 Å². The van der Waals surface area contributed by atoms with Crippen LogP contribution < -0.4 is 10.9 Å². The maximum absolute atomic E-state index is 11.9. The molecule has 3 aromatic rings. The van der Waals surface area contributed by atoms with Crippen LogP contribution >= 0.6 is 11.8 Å². The molecule has 3 aromatic heterocycles. The van der Waals surface area contributed by atoms with E-state index in [1.807, 2.05) is 11.5 Å². The second-order valence-electron chi connectivity index (χ2n) is 5.03. The molecule has 0 aromatic carbocycles. The number of pyridine rings is 1. The lowest BCUT2D eigenvalue weighted by Gasteiger charge is -2.07. The molecule has 2 amide bonds. The fourth-order valence-corrected chi connectivity index (χ4v) is 2.92. The molecule has 134 valence electrons. The van der Waals surface area contributed by atoms with E-state index in [1.54, 1.807) is 36.6 Å². The van der Waals surface area contributed by atoms with Gasteiger partial charge in [0.2, 0.25) is 5.91 Å². The summed E-state index contributed by atoms with van der Waals surface area (Å²) in [5.41, 5.74) is 4.88. The predicted octanol–water partition coefficient (Wildman–Crippen LogP) is 1.51. The Balaban J connectivity index is 1.54. The van der Waals surface area contributed by atoms with E-state index in [0.29, 0.717) is 23.3 Å². The molecular weight excluding hydrogens is 356 g/mol. The molecule has 0 unspecified atom stereocenters. The van der Waals surface area contributed by atoms with Crippen molar-refractivity contribution in [3.63, 3.8) is 0 Å². The summed E-state index contributed by atoms with van der Waals surface area (Å²) in [6.45, 7) is 2.58. The van der Waals surface area contributed by atoms with Crippen LogP contribution in [0.1, 0.15) is 17.4 Å². The normalized spacial score (nSPS) is 10.5. The van der Waals surface area contributed by atoms with Crippen LogP contribution in [0, 0.1) is 0 Å². The molecular formula is C16H16N6O3S. The van der Waals surface area contributed by atoms with Gasteiger partial charge in [-0.2, -0.15) is 0 Å². The van der Waals surface area contributed by atoms with Gasteiger partial charge in [-0.1, -0.05) is 17.8 Å². The second kappa shape index (κ2) is 8.30. The molecule has 0 saturated carbocycles. The smallest absolute Gasteiger partial charge is 0.288 e. The van der Waals surface area contributed by atoms with Crippen LogP contribution in [-0.4, -0.2) is 37.3 Å². The van der Waals surface area contributed by atoms with Crippen molar-refractivity contribution < 1.29 is 14.0 Å². The molecule has 0 atom stereocenters. The number of nitrogens with one attached hydrogen (secondary N) is 2. The zero-order chi connectivity index (χ0) is 18.4. The van der Waals surface area contributed by atoms with Gasteiger partial charge in [-0.3, -0.25) is 30.0 Å². The Kier molecular flexibility index (Phi) is 5.64. The monoisotopic (exact) mass is 372 g/mol. The highest BCUT2D eigenvalue weighted by Gasteiger charge is 2.16. The lowest BCUT2D eigenvalue weighted by atomic mass is 10.3. The first-order valence-corrected chi connectivity index (χ1v) is 8.77. The highest BCUT2D eigenvalue weighted by atomic mass is 32.2. The molecule has 0 aliphatic heterocycles. The number of carbonyl (C=O) groups excluding carboxylic acids is 2. The topological polar surface area (TPSA) is 115 Å². The molecule has 0 aliphatic rings. The molecule has 10 heteroatoms. The third-order valence-electron chi connectivity index (χ3n) is 3.32. The number of rotatable bonds is 6. The van der Waals surface area contributed by atoms with Crippen molar-refractivity contribution in [2.45, 2.75) is 18.6 Å². The van der Waals surface area contributed by atoms with E-state index < -0.39 is 5.91 Å². The first-order valence-electron chi connectivity index (χ1n) is 7.79. The van der Waals surface area contributed by atoms with Crippen LogP contribution in [0.3, 0.4) is 0 Å². The van der Waals surface area contributed by atoms with Gasteiger partial charge >= 0.3 is 0 Å².